The Morgan fingerprint density at radius 1 is 0.956 bits per heavy atom. The molecule has 3 N–H and O–H groups in total. The van der Waals surface area contributed by atoms with Gasteiger partial charge in [-0.25, -0.2) is 8.78 Å². The molecular weight excluding hydrogens is 640 g/mol. The van der Waals surface area contributed by atoms with Crippen LogP contribution in [0.2, 0.25) is 5.02 Å². The summed E-state index contributed by atoms with van der Waals surface area (Å²) in [5.74, 6) is -8.12. The van der Waals surface area contributed by atoms with Crippen molar-refractivity contribution in [3.63, 3.8) is 0 Å². The van der Waals surface area contributed by atoms with E-state index < -0.39 is 52.8 Å². The van der Waals surface area contributed by atoms with Crippen molar-refractivity contribution < 1.29 is 57.5 Å². The van der Waals surface area contributed by atoms with Gasteiger partial charge in [-0.2, -0.15) is 0 Å². The summed E-state index contributed by atoms with van der Waals surface area (Å²) in [5, 5.41) is 29.2. The molecule has 1 amide bonds. The molecule has 3 aromatic rings. The number of amides is 1. The molecule has 0 bridgehead atoms. The van der Waals surface area contributed by atoms with Crippen LogP contribution in [0.3, 0.4) is 0 Å². The second kappa shape index (κ2) is 13.9. The van der Waals surface area contributed by atoms with E-state index in [4.69, 9.17) is 36.0 Å². The molecule has 2 aromatic carbocycles. The normalized spacial score (nSPS) is 13.8. The predicted octanol–water partition coefficient (Wildman–Crippen LogP) is 5.64. The lowest BCUT2D eigenvalue weighted by Crippen LogP contribution is -2.28. The van der Waals surface area contributed by atoms with E-state index in [0.717, 1.165) is 18.4 Å². The minimum atomic E-state index is -1.16. The number of benzene rings is 2. The number of rotatable bonds is 14. The minimum Gasteiger partial charge on any atom is -0.503 e. The van der Waals surface area contributed by atoms with Crippen molar-refractivity contribution in [2.75, 3.05) is 20.3 Å². The van der Waals surface area contributed by atoms with Crippen molar-refractivity contribution in [1.29, 1.82) is 0 Å². The highest BCUT2D eigenvalue weighted by atomic mass is 35.5. The van der Waals surface area contributed by atoms with E-state index in [0.29, 0.717) is 10.1 Å². The summed E-state index contributed by atoms with van der Waals surface area (Å²) in [5.41, 5.74) is -0.163. The molecule has 0 saturated carbocycles. The molecule has 0 saturated heterocycles. The third kappa shape index (κ3) is 7.06. The number of methoxy groups -OCH3 is 1. The molecular formula is C30H30ClF2NO10S. The molecule has 1 aromatic heterocycles. The fourth-order valence-electron chi connectivity index (χ4n) is 4.71. The summed E-state index contributed by atoms with van der Waals surface area (Å²) >= 11 is 7.34. The number of fused-ring (bicyclic) bond motifs is 2. The first-order valence-electron chi connectivity index (χ1n) is 13.8. The van der Waals surface area contributed by atoms with Crippen LogP contribution in [0.25, 0.3) is 10.1 Å². The van der Waals surface area contributed by atoms with E-state index in [2.05, 4.69) is 0 Å². The zero-order chi connectivity index (χ0) is 33.2. The average molecular weight is 670 g/mol. The van der Waals surface area contributed by atoms with Gasteiger partial charge in [0.25, 0.3) is 0 Å². The van der Waals surface area contributed by atoms with Crippen molar-refractivity contribution in [2.45, 2.75) is 46.2 Å². The fraction of sp³-hybridized carbons (Fsp3) is 0.400. The van der Waals surface area contributed by atoms with Gasteiger partial charge in [0.1, 0.15) is 5.02 Å². The predicted molar refractivity (Wildman–Crippen MR) is 158 cm³/mol. The zero-order valence-electron chi connectivity index (χ0n) is 24.4. The molecule has 4 rings (SSSR count). The van der Waals surface area contributed by atoms with Crippen LogP contribution in [0, 0.1) is 23.5 Å². The molecule has 2 heterocycles. The number of nitrogens with zero attached hydrogens (tertiary/aromatic N) is 1. The Labute approximate surface area is 264 Å². The smallest absolute Gasteiger partial charge is 0.306 e. The molecule has 11 nitrogen and oxygen atoms in total. The van der Waals surface area contributed by atoms with Gasteiger partial charge >= 0.3 is 11.9 Å². The van der Waals surface area contributed by atoms with Crippen molar-refractivity contribution in [2.24, 2.45) is 11.8 Å². The Kier molecular flexibility index (Phi) is 10.4. The van der Waals surface area contributed by atoms with Gasteiger partial charge in [0, 0.05) is 43.5 Å². The number of Topliss-reactive ketones (excluding diaryl/α,β-unsaturated/α-hetero) is 1. The second-order valence-electron chi connectivity index (χ2n) is 10.6. The van der Waals surface area contributed by atoms with E-state index >= 15 is 8.78 Å². The van der Waals surface area contributed by atoms with Gasteiger partial charge in [0.15, 0.2) is 34.7 Å². The third-order valence-corrected chi connectivity index (χ3v) is 9.01. The zero-order valence-corrected chi connectivity index (χ0v) is 26.0. The Morgan fingerprint density at radius 3 is 2.13 bits per heavy atom. The summed E-state index contributed by atoms with van der Waals surface area (Å²) in [6.07, 6.45) is -0.371. The number of carboxylic acids is 2. The van der Waals surface area contributed by atoms with Crippen LogP contribution < -0.4 is 14.2 Å². The molecule has 1 aliphatic heterocycles. The number of carboxylic acid groups (broad SMARTS) is 2. The van der Waals surface area contributed by atoms with Crippen LogP contribution in [0.5, 0.6) is 23.0 Å². The monoisotopic (exact) mass is 669 g/mol. The van der Waals surface area contributed by atoms with Gasteiger partial charge < -0.3 is 34.4 Å². The second-order valence-corrected chi connectivity index (χ2v) is 12.1. The summed E-state index contributed by atoms with van der Waals surface area (Å²) in [6.45, 7) is 2.10. The minimum absolute atomic E-state index is 0.0116. The highest BCUT2D eigenvalue weighted by Gasteiger charge is 2.35. The lowest BCUT2D eigenvalue weighted by atomic mass is 10.0. The Balaban J connectivity index is 1.41. The van der Waals surface area contributed by atoms with Crippen LogP contribution in [-0.2, 0) is 27.5 Å². The van der Waals surface area contributed by atoms with Crippen LogP contribution in [0.15, 0.2) is 12.1 Å². The molecule has 2 unspecified atom stereocenters. The Morgan fingerprint density at radius 2 is 1.53 bits per heavy atom. The number of thiophene rings is 1. The fourth-order valence-corrected chi connectivity index (χ4v) is 6.05. The van der Waals surface area contributed by atoms with Crippen LogP contribution >= 0.6 is 22.9 Å². The lowest BCUT2D eigenvalue weighted by Gasteiger charge is -2.16. The first-order valence-corrected chi connectivity index (χ1v) is 15.0. The molecule has 0 radical (unpaired) electrons. The number of ketones is 1. The summed E-state index contributed by atoms with van der Waals surface area (Å²) in [7, 11) is 1.14. The van der Waals surface area contributed by atoms with Gasteiger partial charge in [-0.1, -0.05) is 25.4 Å². The first-order chi connectivity index (χ1) is 21.2. The van der Waals surface area contributed by atoms with Gasteiger partial charge in [-0.05, 0) is 17.5 Å². The number of phenolic OH excluding ortho intramolecular Hbond substituents is 1. The molecule has 45 heavy (non-hydrogen) atoms. The van der Waals surface area contributed by atoms with Crippen LogP contribution in [0.4, 0.5) is 8.78 Å². The molecule has 1 aliphatic rings. The Hall–Kier alpha value is -4.17. The number of hydrogen-bond acceptors (Lipinski definition) is 9. The van der Waals surface area contributed by atoms with Crippen LogP contribution in [0.1, 0.15) is 53.9 Å². The molecule has 242 valence electrons. The van der Waals surface area contributed by atoms with E-state index in [-0.39, 0.29) is 83.9 Å². The van der Waals surface area contributed by atoms with Crippen molar-refractivity contribution in [3.8, 4) is 23.0 Å². The van der Waals surface area contributed by atoms with E-state index in [1.54, 1.807) is 0 Å². The average Bonchev–Trinajstić information content (AvgIpc) is 3.63. The largest absolute Gasteiger partial charge is 0.503 e. The number of hydrogen-bond donors (Lipinski definition) is 3. The summed E-state index contributed by atoms with van der Waals surface area (Å²) in [6, 6.07) is 3.02. The number of aromatic hydroxyl groups is 1. The number of carbonyl (C=O) groups excluding carboxylic acids is 2. The number of carbonyl (C=O) groups is 4. The number of halogens is 3. The molecule has 0 spiro atoms. The highest BCUT2D eigenvalue weighted by Crippen LogP contribution is 2.45. The van der Waals surface area contributed by atoms with Gasteiger partial charge in [-0.3, -0.25) is 19.2 Å². The van der Waals surface area contributed by atoms with E-state index in [9.17, 15) is 24.3 Å². The van der Waals surface area contributed by atoms with Crippen molar-refractivity contribution >= 4 is 56.7 Å². The number of phenols is 1. The van der Waals surface area contributed by atoms with E-state index in [1.165, 1.54) is 30.9 Å². The molecule has 15 heteroatoms. The topological polar surface area (TPSA) is 160 Å². The van der Waals surface area contributed by atoms with Gasteiger partial charge in [0.05, 0.1) is 41.7 Å². The van der Waals surface area contributed by atoms with Gasteiger partial charge in [0.2, 0.25) is 11.7 Å². The van der Waals surface area contributed by atoms with Gasteiger partial charge in [-0.15, -0.1) is 11.3 Å². The quantitative estimate of drug-likeness (QED) is 0.145. The first kappa shape index (κ1) is 33.7. The standard InChI is InChI=1S/C30H30ClF2NO10S/c1-13(29(38)39)7-18(35)20-10-15-9-19(25(37)22(31)28(15)45-20)43-5-4-6-44-27-24(33)17-12-34(21(36)8-14(2)30(40)41)11-16(17)23(32)26(27)42-3/h9-10,13-14,37H,4-8,11-12H2,1-3H3,(H,38,39)(H,40,41). The SMILES string of the molecule is COc1c(F)c2c(c(F)c1OCCCOc1cc3cc(C(=O)CC(C)C(=O)O)sc3c(Cl)c1O)CN(C(=O)CC(C)C(=O)O)C2. The Bertz CT molecular complexity index is 1680. The number of ether oxygens (including phenoxy) is 3. The molecule has 2 atom stereocenters. The summed E-state index contributed by atoms with van der Waals surface area (Å²) < 4.78 is 47.4. The third-order valence-electron chi connectivity index (χ3n) is 7.32. The van der Waals surface area contributed by atoms with Crippen molar-refractivity contribution in [1.82, 2.24) is 4.90 Å². The molecule has 0 aliphatic carbocycles. The van der Waals surface area contributed by atoms with Crippen LogP contribution in [-0.4, -0.2) is 64.2 Å². The lowest BCUT2D eigenvalue weighted by molar-refractivity contribution is -0.145. The highest BCUT2D eigenvalue weighted by molar-refractivity contribution is 7.21. The maximum Gasteiger partial charge on any atom is 0.306 e. The van der Waals surface area contributed by atoms with Crippen molar-refractivity contribution in [3.05, 3.63) is 44.8 Å². The summed E-state index contributed by atoms with van der Waals surface area (Å²) in [4.78, 5) is 48.7. The maximum atomic E-state index is 15.5. The van der Waals surface area contributed by atoms with E-state index in [1.807, 2.05) is 0 Å². The number of aliphatic carboxylic acids is 2. The molecule has 0 fully saturated rings. The maximum absolute atomic E-state index is 15.5.